The molecule has 2 amide bonds. The first-order valence-electron chi connectivity index (χ1n) is 7.24. The van der Waals surface area contributed by atoms with Crippen LogP contribution in [0.1, 0.15) is 24.8 Å². The molecule has 1 aromatic rings. The molecule has 3 atom stereocenters. The van der Waals surface area contributed by atoms with Crippen molar-refractivity contribution in [3.63, 3.8) is 0 Å². The first-order chi connectivity index (χ1) is 9.72. The summed E-state index contributed by atoms with van der Waals surface area (Å²) in [5, 5.41) is 9.60. The van der Waals surface area contributed by atoms with E-state index in [0.717, 1.165) is 24.8 Å². The fourth-order valence-electron chi connectivity index (χ4n) is 3.50. The molecule has 2 aliphatic rings. The predicted octanol–water partition coefficient (Wildman–Crippen LogP) is 1.38. The molecule has 4 nitrogen and oxygen atoms in total. The molecule has 1 saturated heterocycles. The van der Waals surface area contributed by atoms with E-state index in [9.17, 15) is 14.7 Å². The number of hydrogen-bond acceptors (Lipinski definition) is 3. The number of amides is 2. The van der Waals surface area contributed by atoms with Gasteiger partial charge in [-0.25, -0.2) is 0 Å². The first kappa shape index (κ1) is 13.3. The van der Waals surface area contributed by atoms with E-state index < -0.39 is 6.04 Å². The van der Waals surface area contributed by atoms with Crippen LogP contribution < -0.4 is 0 Å². The molecule has 0 bridgehead atoms. The van der Waals surface area contributed by atoms with Crippen LogP contribution in [0, 0.1) is 11.8 Å². The quantitative estimate of drug-likeness (QED) is 0.843. The Morgan fingerprint density at radius 1 is 1.10 bits per heavy atom. The molecule has 0 spiro atoms. The highest BCUT2D eigenvalue weighted by Crippen LogP contribution is 2.40. The minimum Gasteiger partial charge on any atom is -0.394 e. The maximum absolute atomic E-state index is 12.4. The minimum absolute atomic E-state index is 0.0764. The smallest absolute Gasteiger partial charge is 0.233 e. The molecule has 1 saturated carbocycles. The zero-order valence-corrected chi connectivity index (χ0v) is 11.4. The van der Waals surface area contributed by atoms with Crippen molar-refractivity contribution >= 4 is 11.8 Å². The number of likely N-dealkylation sites (tertiary alicyclic amines) is 1. The van der Waals surface area contributed by atoms with Gasteiger partial charge in [0.25, 0.3) is 0 Å². The third-order valence-corrected chi connectivity index (χ3v) is 4.52. The second kappa shape index (κ2) is 5.37. The third-order valence-electron chi connectivity index (χ3n) is 4.52. The third kappa shape index (κ3) is 2.14. The van der Waals surface area contributed by atoms with E-state index in [1.165, 1.54) is 4.90 Å². The van der Waals surface area contributed by atoms with Crippen molar-refractivity contribution in [3.05, 3.63) is 35.9 Å². The van der Waals surface area contributed by atoms with Crippen molar-refractivity contribution in [3.8, 4) is 0 Å². The summed E-state index contributed by atoms with van der Waals surface area (Å²) < 4.78 is 0. The fourth-order valence-corrected chi connectivity index (χ4v) is 3.50. The van der Waals surface area contributed by atoms with Gasteiger partial charge in [0.1, 0.15) is 0 Å². The van der Waals surface area contributed by atoms with Gasteiger partial charge in [-0.15, -0.1) is 0 Å². The number of hydrogen-bond donors (Lipinski definition) is 1. The lowest BCUT2D eigenvalue weighted by Gasteiger charge is -2.25. The first-order valence-corrected chi connectivity index (χ1v) is 7.24. The summed E-state index contributed by atoms with van der Waals surface area (Å²) in [6.45, 7) is -0.175. The molecule has 2 fully saturated rings. The summed E-state index contributed by atoms with van der Waals surface area (Å²) in [4.78, 5) is 26.1. The standard InChI is InChI=1S/C16H19NO3/c18-10-12(9-11-5-2-1-3-6-11)17-15(19)13-7-4-8-14(13)16(17)20/h1-3,5-6,12-14,18H,4,7-10H2. The van der Waals surface area contributed by atoms with Crippen LogP contribution in [0.15, 0.2) is 30.3 Å². The molecule has 20 heavy (non-hydrogen) atoms. The highest BCUT2D eigenvalue weighted by atomic mass is 16.3. The number of carbonyl (C=O) groups is 2. The van der Waals surface area contributed by atoms with E-state index in [1.54, 1.807) is 0 Å². The lowest BCUT2D eigenvalue weighted by Crippen LogP contribution is -2.44. The molecule has 1 N–H and O–H groups in total. The number of aliphatic hydroxyl groups is 1. The Morgan fingerprint density at radius 3 is 2.25 bits per heavy atom. The summed E-state index contributed by atoms with van der Waals surface area (Å²) in [7, 11) is 0. The summed E-state index contributed by atoms with van der Waals surface area (Å²) in [6, 6.07) is 9.25. The Morgan fingerprint density at radius 2 is 1.70 bits per heavy atom. The number of aliphatic hydroxyl groups excluding tert-OH is 1. The Hall–Kier alpha value is -1.68. The van der Waals surface area contributed by atoms with Gasteiger partial charge in [0, 0.05) is 0 Å². The minimum atomic E-state index is -0.428. The van der Waals surface area contributed by atoms with Gasteiger partial charge in [-0.05, 0) is 24.8 Å². The van der Waals surface area contributed by atoms with Crippen molar-refractivity contribution < 1.29 is 14.7 Å². The molecule has 1 aliphatic carbocycles. The molecule has 1 aromatic carbocycles. The fraction of sp³-hybridized carbons (Fsp3) is 0.500. The van der Waals surface area contributed by atoms with Crippen LogP contribution in [0.5, 0.6) is 0 Å². The van der Waals surface area contributed by atoms with Crippen LogP contribution in [0.4, 0.5) is 0 Å². The molecular weight excluding hydrogens is 254 g/mol. The normalized spacial score (nSPS) is 26.9. The van der Waals surface area contributed by atoms with E-state index in [2.05, 4.69) is 0 Å². The highest BCUT2D eigenvalue weighted by molar-refractivity contribution is 6.05. The summed E-state index contributed by atoms with van der Waals surface area (Å²) in [5.74, 6) is -0.417. The van der Waals surface area contributed by atoms with Crippen LogP contribution in [0.25, 0.3) is 0 Å². The lowest BCUT2D eigenvalue weighted by molar-refractivity contribution is -0.144. The monoisotopic (exact) mass is 273 g/mol. The number of benzene rings is 1. The van der Waals surface area contributed by atoms with Crippen LogP contribution in [-0.4, -0.2) is 34.5 Å². The molecule has 4 heteroatoms. The van der Waals surface area contributed by atoms with Crippen LogP contribution in [0.2, 0.25) is 0 Å². The van der Waals surface area contributed by atoms with Crippen molar-refractivity contribution in [1.82, 2.24) is 4.90 Å². The van der Waals surface area contributed by atoms with Gasteiger partial charge in [0.05, 0.1) is 24.5 Å². The van der Waals surface area contributed by atoms with Crippen molar-refractivity contribution in [1.29, 1.82) is 0 Å². The summed E-state index contributed by atoms with van der Waals surface area (Å²) in [5.41, 5.74) is 1.03. The van der Waals surface area contributed by atoms with E-state index in [0.29, 0.717) is 6.42 Å². The molecule has 106 valence electrons. The zero-order chi connectivity index (χ0) is 14.1. The van der Waals surface area contributed by atoms with Crippen molar-refractivity contribution in [2.24, 2.45) is 11.8 Å². The maximum atomic E-state index is 12.4. The van der Waals surface area contributed by atoms with E-state index in [-0.39, 0.29) is 30.3 Å². The van der Waals surface area contributed by atoms with E-state index >= 15 is 0 Å². The van der Waals surface area contributed by atoms with Crippen LogP contribution in [0.3, 0.4) is 0 Å². The number of fused-ring (bicyclic) bond motifs is 1. The van der Waals surface area contributed by atoms with Gasteiger partial charge >= 0.3 is 0 Å². The van der Waals surface area contributed by atoms with Crippen LogP contribution in [-0.2, 0) is 16.0 Å². The second-order valence-corrected chi connectivity index (χ2v) is 5.72. The average Bonchev–Trinajstić information content (AvgIpc) is 3.03. The van der Waals surface area contributed by atoms with Gasteiger partial charge in [-0.2, -0.15) is 0 Å². The zero-order valence-electron chi connectivity index (χ0n) is 11.4. The van der Waals surface area contributed by atoms with Gasteiger partial charge in [-0.3, -0.25) is 14.5 Å². The number of nitrogens with zero attached hydrogens (tertiary/aromatic N) is 1. The molecule has 3 unspecified atom stereocenters. The molecular formula is C16H19NO3. The van der Waals surface area contributed by atoms with E-state index in [1.807, 2.05) is 30.3 Å². The maximum Gasteiger partial charge on any atom is 0.233 e. The largest absolute Gasteiger partial charge is 0.394 e. The number of rotatable bonds is 4. The molecule has 1 heterocycles. The second-order valence-electron chi connectivity index (χ2n) is 5.72. The lowest BCUT2D eigenvalue weighted by atomic mass is 10.00. The van der Waals surface area contributed by atoms with Crippen molar-refractivity contribution in [2.45, 2.75) is 31.7 Å². The molecule has 3 rings (SSSR count). The number of carbonyl (C=O) groups excluding carboxylic acids is 2. The highest BCUT2D eigenvalue weighted by Gasteiger charge is 2.51. The average molecular weight is 273 g/mol. The molecule has 1 aliphatic heterocycles. The Balaban J connectivity index is 1.79. The van der Waals surface area contributed by atoms with Gasteiger partial charge < -0.3 is 5.11 Å². The Bertz CT molecular complexity index is 492. The molecule has 0 aromatic heterocycles. The topological polar surface area (TPSA) is 57.6 Å². The SMILES string of the molecule is O=C1C2CCCC2C(=O)N1C(CO)Cc1ccccc1. The van der Waals surface area contributed by atoms with Gasteiger partial charge in [0.15, 0.2) is 0 Å². The van der Waals surface area contributed by atoms with Gasteiger partial charge in [0.2, 0.25) is 11.8 Å². The van der Waals surface area contributed by atoms with Crippen molar-refractivity contribution in [2.75, 3.05) is 6.61 Å². The summed E-state index contributed by atoms with van der Waals surface area (Å²) in [6.07, 6.45) is 3.11. The van der Waals surface area contributed by atoms with Crippen LogP contribution >= 0.6 is 0 Å². The van der Waals surface area contributed by atoms with E-state index in [4.69, 9.17) is 0 Å². The Kier molecular flexibility index (Phi) is 3.57. The summed E-state index contributed by atoms with van der Waals surface area (Å²) >= 11 is 0. The predicted molar refractivity (Wildman–Crippen MR) is 73.7 cm³/mol. The van der Waals surface area contributed by atoms with Gasteiger partial charge in [-0.1, -0.05) is 36.8 Å². The number of imide groups is 1. The molecule has 0 radical (unpaired) electrons. The Labute approximate surface area is 118 Å².